The number of rotatable bonds is 3. The van der Waals surface area contributed by atoms with Crippen molar-refractivity contribution in [2.75, 3.05) is 18.8 Å². The maximum atomic E-state index is 13.0. The number of halogens is 1. The van der Waals surface area contributed by atoms with Gasteiger partial charge in [0.15, 0.2) is 11.5 Å². The summed E-state index contributed by atoms with van der Waals surface area (Å²) in [5.41, 5.74) is 2.20. The molecule has 0 spiro atoms. The molecule has 1 atom stereocenters. The molecule has 144 valence electrons. The minimum absolute atomic E-state index is 0.138. The van der Waals surface area contributed by atoms with Gasteiger partial charge < -0.3 is 19.5 Å². The van der Waals surface area contributed by atoms with Crippen LogP contribution in [0.4, 0.5) is 10.5 Å². The topological polar surface area (TPSA) is 77.1 Å². The second-order valence-corrected chi connectivity index (χ2v) is 7.21. The third-order valence-corrected chi connectivity index (χ3v) is 5.24. The summed E-state index contributed by atoms with van der Waals surface area (Å²) in [6.45, 7) is 1.86. The summed E-state index contributed by atoms with van der Waals surface area (Å²) in [6, 6.07) is 11.6. The Kier molecular flexibility index (Phi) is 4.72. The minimum atomic E-state index is -0.613. The van der Waals surface area contributed by atoms with Crippen LogP contribution in [0.2, 0.25) is 0 Å². The molecule has 2 amide bonds. The van der Waals surface area contributed by atoms with E-state index in [0.29, 0.717) is 28.5 Å². The Morgan fingerprint density at radius 3 is 2.61 bits per heavy atom. The van der Waals surface area contributed by atoms with Gasteiger partial charge in [-0.15, -0.1) is 0 Å². The maximum absolute atomic E-state index is 13.0. The average molecular weight is 445 g/mol. The molecule has 7 nitrogen and oxygen atoms in total. The van der Waals surface area contributed by atoms with Crippen molar-refractivity contribution in [3.63, 3.8) is 0 Å². The Morgan fingerprint density at radius 1 is 1.18 bits per heavy atom. The number of fused-ring (bicyclic) bond motifs is 1. The van der Waals surface area contributed by atoms with E-state index < -0.39 is 12.0 Å². The number of nitrogens with zero attached hydrogens (tertiary/aromatic N) is 1. The SMILES string of the molecule is COC(=O)C1=C(C)N(c2ccc3c(c2)OCO3)C(=O)NC1c1ccc(Br)cc1. The lowest BCUT2D eigenvalue weighted by atomic mass is 9.94. The number of carbonyl (C=O) groups is 2. The van der Waals surface area contributed by atoms with Crippen LogP contribution in [0.3, 0.4) is 0 Å². The lowest BCUT2D eigenvalue weighted by Crippen LogP contribution is -2.48. The Bertz CT molecular complexity index is 987. The highest BCUT2D eigenvalue weighted by Crippen LogP contribution is 2.39. The van der Waals surface area contributed by atoms with Gasteiger partial charge in [0, 0.05) is 16.2 Å². The number of hydrogen-bond acceptors (Lipinski definition) is 5. The van der Waals surface area contributed by atoms with Crippen molar-refractivity contribution in [2.45, 2.75) is 13.0 Å². The second kappa shape index (κ2) is 7.20. The quantitative estimate of drug-likeness (QED) is 0.726. The fourth-order valence-corrected chi connectivity index (χ4v) is 3.62. The van der Waals surface area contributed by atoms with E-state index in [2.05, 4.69) is 21.2 Å². The Labute approximate surface area is 170 Å². The number of amides is 2. The molecular formula is C20H17BrN2O5. The number of nitrogens with one attached hydrogen (secondary N) is 1. The average Bonchev–Trinajstić information content (AvgIpc) is 3.15. The van der Waals surface area contributed by atoms with Gasteiger partial charge in [-0.2, -0.15) is 0 Å². The lowest BCUT2D eigenvalue weighted by Gasteiger charge is -2.35. The first kappa shape index (κ1) is 18.4. The Morgan fingerprint density at radius 2 is 1.89 bits per heavy atom. The van der Waals surface area contributed by atoms with Crippen molar-refractivity contribution in [2.24, 2.45) is 0 Å². The van der Waals surface area contributed by atoms with E-state index in [4.69, 9.17) is 14.2 Å². The number of allylic oxidation sites excluding steroid dienone is 1. The smallest absolute Gasteiger partial charge is 0.337 e. The van der Waals surface area contributed by atoms with E-state index in [0.717, 1.165) is 10.0 Å². The minimum Gasteiger partial charge on any atom is -0.466 e. The molecule has 8 heteroatoms. The van der Waals surface area contributed by atoms with Crippen LogP contribution < -0.4 is 19.7 Å². The van der Waals surface area contributed by atoms with Crippen molar-refractivity contribution in [3.8, 4) is 11.5 Å². The van der Waals surface area contributed by atoms with Crippen molar-refractivity contribution >= 4 is 33.6 Å². The molecule has 0 bridgehead atoms. The molecule has 2 heterocycles. The first-order chi connectivity index (χ1) is 13.5. The number of methoxy groups -OCH3 is 1. The number of esters is 1. The first-order valence-corrected chi connectivity index (χ1v) is 9.33. The molecule has 0 saturated heterocycles. The summed E-state index contributed by atoms with van der Waals surface area (Å²) in [6.07, 6.45) is 0. The van der Waals surface area contributed by atoms with Crippen LogP contribution in [-0.4, -0.2) is 25.9 Å². The van der Waals surface area contributed by atoms with Crippen molar-refractivity contribution < 1.29 is 23.8 Å². The van der Waals surface area contributed by atoms with Gasteiger partial charge >= 0.3 is 12.0 Å². The van der Waals surface area contributed by atoms with Gasteiger partial charge in [-0.05, 0) is 36.8 Å². The summed E-state index contributed by atoms with van der Waals surface area (Å²) in [4.78, 5) is 27.0. The van der Waals surface area contributed by atoms with Crippen molar-refractivity contribution in [1.29, 1.82) is 0 Å². The van der Waals surface area contributed by atoms with Crippen LogP contribution in [0.25, 0.3) is 0 Å². The van der Waals surface area contributed by atoms with Gasteiger partial charge in [0.05, 0.1) is 24.4 Å². The van der Waals surface area contributed by atoms with Gasteiger partial charge in [-0.25, -0.2) is 9.59 Å². The monoisotopic (exact) mass is 444 g/mol. The summed E-state index contributed by atoms with van der Waals surface area (Å²) < 4.78 is 16.6. The predicted octanol–water partition coefficient (Wildman–Crippen LogP) is 3.90. The zero-order valence-corrected chi connectivity index (χ0v) is 16.8. The molecule has 2 aliphatic rings. The molecular weight excluding hydrogens is 428 g/mol. The number of hydrogen-bond donors (Lipinski definition) is 1. The third-order valence-electron chi connectivity index (χ3n) is 4.71. The van der Waals surface area contributed by atoms with Crippen molar-refractivity contribution in [1.82, 2.24) is 5.32 Å². The predicted molar refractivity (Wildman–Crippen MR) is 105 cm³/mol. The fraction of sp³-hybridized carbons (Fsp3) is 0.200. The lowest BCUT2D eigenvalue weighted by molar-refractivity contribution is -0.136. The van der Waals surface area contributed by atoms with Crippen molar-refractivity contribution in [3.05, 3.63) is 63.8 Å². The molecule has 0 saturated carbocycles. The van der Waals surface area contributed by atoms with Gasteiger partial charge in [0.1, 0.15) is 0 Å². The summed E-state index contributed by atoms with van der Waals surface area (Å²) in [5.74, 6) is 0.660. The molecule has 2 aliphatic heterocycles. The number of ether oxygens (including phenoxy) is 3. The van der Waals surface area contributed by atoms with Crippen LogP contribution in [0, 0.1) is 0 Å². The van der Waals surface area contributed by atoms with E-state index >= 15 is 0 Å². The normalized spacial score (nSPS) is 18.2. The standard InChI is InChI=1S/C20H17BrN2O5/c1-11-17(19(24)26-2)18(12-3-5-13(21)6-4-12)22-20(25)23(11)14-7-8-15-16(9-14)28-10-27-15/h3-9,18H,10H2,1-2H3,(H,22,25). The number of carbonyl (C=O) groups excluding carboxylic acids is 2. The highest BCUT2D eigenvalue weighted by atomic mass is 79.9. The third kappa shape index (κ3) is 3.09. The fourth-order valence-electron chi connectivity index (χ4n) is 3.36. The van der Waals surface area contributed by atoms with Crippen LogP contribution in [0.1, 0.15) is 18.5 Å². The molecule has 28 heavy (non-hydrogen) atoms. The summed E-state index contributed by atoms with van der Waals surface area (Å²) in [5, 5.41) is 2.91. The molecule has 0 aromatic heterocycles. The van der Waals surface area contributed by atoms with E-state index in [1.165, 1.54) is 12.0 Å². The molecule has 0 radical (unpaired) electrons. The highest BCUT2D eigenvalue weighted by molar-refractivity contribution is 9.10. The second-order valence-electron chi connectivity index (χ2n) is 6.30. The van der Waals surface area contributed by atoms with Gasteiger partial charge in [-0.3, -0.25) is 4.90 Å². The number of benzene rings is 2. The zero-order valence-electron chi connectivity index (χ0n) is 15.2. The largest absolute Gasteiger partial charge is 0.466 e. The van der Waals surface area contributed by atoms with Crippen LogP contribution in [0.5, 0.6) is 11.5 Å². The maximum Gasteiger partial charge on any atom is 0.337 e. The summed E-state index contributed by atoms with van der Waals surface area (Å²) in [7, 11) is 1.32. The molecule has 0 fully saturated rings. The Balaban J connectivity index is 1.81. The van der Waals surface area contributed by atoms with E-state index in [1.807, 2.05) is 24.3 Å². The summed E-state index contributed by atoms with van der Waals surface area (Å²) >= 11 is 3.39. The van der Waals surface area contributed by atoms with Crippen LogP contribution in [0.15, 0.2) is 58.2 Å². The number of anilines is 1. The number of urea groups is 1. The molecule has 4 rings (SSSR count). The van der Waals surface area contributed by atoms with Crippen LogP contribution in [-0.2, 0) is 9.53 Å². The molecule has 2 aromatic carbocycles. The molecule has 1 unspecified atom stereocenters. The van der Waals surface area contributed by atoms with E-state index in [9.17, 15) is 9.59 Å². The molecule has 1 N–H and O–H groups in total. The first-order valence-electron chi connectivity index (χ1n) is 8.54. The van der Waals surface area contributed by atoms with E-state index in [1.54, 1.807) is 25.1 Å². The zero-order chi connectivity index (χ0) is 19.8. The highest BCUT2D eigenvalue weighted by Gasteiger charge is 2.37. The molecule has 2 aromatic rings. The Hall–Kier alpha value is -3.00. The van der Waals surface area contributed by atoms with E-state index in [-0.39, 0.29) is 12.8 Å². The molecule has 0 aliphatic carbocycles. The van der Waals surface area contributed by atoms with Gasteiger partial charge in [-0.1, -0.05) is 28.1 Å². The van der Waals surface area contributed by atoms with Crippen LogP contribution >= 0.6 is 15.9 Å². The van der Waals surface area contributed by atoms with Gasteiger partial charge in [0.25, 0.3) is 0 Å². The van der Waals surface area contributed by atoms with Gasteiger partial charge in [0.2, 0.25) is 6.79 Å².